The number of benzene rings is 2. The zero-order chi connectivity index (χ0) is 14.8. The summed E-state index contributed by atoms with van der Waals surface area (Å²) in [7, 11) is 0. The van der Waals surface area contributed by atoms with Gasteiger partial charge in [0.15, 0.2) is 5.82 Å². The Morgan fingerprint density at radius 2 is 1.86 bits per heavy atom. The van der Waals surface area contributed by atoms with Gasteiger partial charge in [-0.15, -0.1) is 0 Å². The third-order valence-electron chi connectivity index (χ3n) is 2.91. The lowest BCUT2D eigenvalue weighted by molar-refractivity contribution is 0.418. The summed E-state index contributed by atoms with van der Waals surface area (Å²) in [6.45, 7) is 0. The Morgan fingerprint density at radius 1 is 1.05 bits per heavy atom. The molecule has 0 aliphatic rings. The summed E-state index contributed by atoms with van der Waals surface area (Å²) in [5.74, 6) is 0.983. The molecule has 1 N–H and O–H groups in total. The second-order valence-electron chi connectivity index (χ2n) is 4.48. The molecule has 0 amide bonds. The van der Waals surface area contributed by atoms with E-state index in [-0.39, 0.29) is 5.75 Å². The molecule has 1 heterocycles. The number of hydrogen-bond acceptors (Lipinski definition) is 4. The van der Waals surface area contributed by atoms with Crippen LogP contribution in [0.25, 0.3) is 11.5 Å². The number of phenolic OH excluding ortho intramolecular Hbond substituents is 1. The smallest absolute Gasteiger partial charge is 0.261 e. The first kappa shape index (κ1) is 14.3. The van der Waals surface area contributed by atoms with E-state index in [1.807, 2.05) is 24.3 Å². The third-order valence-corrected chi connectivity index (χ3v) is 3.89. The quantitative estimate of drug-likeness (QED) is 0.688. The van der Waals surface area contributed by atoms with Crippen molar-refractivity contribution in [3.05, 3.63) is 62.8 Å². The van der Waals surface area contributed by atoms with Gasteiger partial charge in [-0.05, 0) is 35.9 Å². The summed E-state index contributed by atoms with van der Waals surface area (Å²) in [5, 5.41) is 13.8. The zero-order valence-corrected chi connectivity index (χ0v) is 13.9. The van der Waals surface area contributed by atoms with Gasteiger partial charge in [0.2, 0.25) is 0 Å². The fraction of sp³-hybridized carbons (Fsp3) is 0.0667. The first-order valence-corrected chi connectivity index (χ1v) is 7.76. The van der Waals surface area contributed by atoms with E-state index < -0.39 is 0 Å². The van der Waals surface area contributed by atoms with Gasteiger partial charge in [-0.25, -0.2) is 0 Å². The summed E-state index contributed by atoms with van der Waals surface area (Å²) in [6.07, 6.45) is 0.567. The summed E-state index contributed by atoms with van der Waals surface area (Å²) in [5.41, 5.74) is 1.59. The maximum atomic E-state index is 9.87. The molecule has 0 radical (unpaired) electrons. The third kappa shape index (κ3) is 3.33. The Kier molecular flexibility index (Phi) is 4.07. The molecule has 0 fully saturated rings. The largest absolute Gasteiger partial charge is 0.507 e. The molecule has 0 unspecified atom stereocenters. The topological polar surface area (TPSA) is 59.2 Å². The van der Waals surface area contributed by atoms with Crippen LogP contribution in [0.4, 0.5) is 0 Å². The van der Waals surface area contributed by atoms with Crippen LogP contribution >= 0.6 is 31.9 Å². The fourth-order valence-electron chi connectivity index (χ4n) is 1.94. The average Bonchev–Trinajstić information content (AvgIpc) is 2.90. The van der Waals surface area contributed by atoms with E-state index in [9.17, 15) is 5.11 Å². The van der Waals surface area contributed by atoms with E-state index in [1.54, 1.807) is 18.2 Å². The van der Waals surface area contributed by atoms with Gasteiger partial charge in [0, 0.05) is 15.4 Å². The van der Waals surface area contributed by atoms with E-state index in [0.29, 0.717) is 23.7 Å². The Bertz CT molecular complexity index is 787. The number of hydrogen-bond donors (Lipinski definition) is 1. The lowest BCUT2D eigenvalue weighted by Gasteiger charge is -1.99. The molecule has 6 heteroatoms. The van der Waals surface area contributed by atoms with Crippen molar-refractivity contribution in [1.82, 2.24) is 10.1 Å². The average molecular weight is 410 g/mol. The van der Waals surface area contributed by atoms with Crippen LogP contribution in [0, 0.1) is 0 Å². The van der Waals surface area contributed by atoms with Crippen molar-refractivity contribution in [1.29, 1.82) is 0 Å². The van der Waals surface area contributed by atoms with Crippen molar-refractivity contribution in [2.45, 2.75) is 6.42 Å². The Hall–Kier alpha value is -1.66. The van der Waals surface area contributed by atoms with Gasteiger partial charge in [-0.1, -0.05) is 49.1 Å². The van der Waals surface area contributed by atoms with Crippen LogP contribution in [0.15, 0.2) is 55.9 Å². The molecule has 4 nitrogen and oxygen atoms in total. The van der Waals surface area contributed by atoms with Crippen molar-refractivity contribution in [3.8, 4) is 17.2 Å². The molecule has 0 saturated carbocycles. The highest BCUT2D eigenvalue weighted by atomic mass is 79.9. The molecule has 0 aliphatic carbocycles. The van der Waals surface area contributed by atoms with Gasteiger partial charge < -0.3 is 9.63 Å². The second-order valence-corrected chi connectivity index (χ2v) is 6.32. The van der Waals surface area contributed by atoms with E-state index in [4.69, 9.17) is 4.52 Å². The van der Waals surface area contributed by atoms with Gasteiger partial charge in [0.05, 0.1) is 5.56 Å². The summed E-state index contributed by atoms with van der Waals surface area (Å²) < 4.78 is 7.08. The maximum absolute atomic E-state index is 9.87. The molecule has 2 aromatic carbocycles. The number of nitrogens with zero attached hydrogens (tertiary/aromatic N) is 2. The highest BCUT2D eigenvalue weighted by Gasteiger charge is 2.13. The van der Waals surface area contributed by atoms with Gasteiger partial charge in [-0.3, -0.25) is 0 Å². The lowest BCUT2D eigenvalue weighted by Crippen LogP contribution is -1.90. The van der Waals surface area contributed by atoms with E-state index in [2.05, 4.69) is 42.0 Å². The zero-order valence-electron chi connectivity index (χ0n) is 10.8. The van der Waals surface area contributed by atoms with E-state index >= 15 is 0 Å². The number of phenols is 1. The normalized spacial score (nSPS) is 10.8. The number of rotatable bonds is 3. The molecule has 21 heavy (non-hydrogen) atoms. The Morgan fingerprint density at radius 3 is 2.67 bits per heavy atom. The van der Waals surface area contributed by atoms with Crippen LogP contribution in [0.2, 0.25) is 0 Å². The van der Waals surface area contributed by atoms with Crippen LogP contribution in [0.3, 0.4) is 0 Å². The number of aromatic nitrogens is 2. The van der Waals surface area contributed by atoms with Gasteiger partial charge in [-0.2, -0.15) is 4.98 Å². The molecule has 106 valence electrons. The van der Waals surface area contributed by atoms with Gasteiger partial charge in [0.1, 0.15) is 5.75 Å². The molecule has 3 rings (SSSR count). The first-order valence-electron chi connectivity index (χ1n) is 6.18. The summed E-state index contributed by atoms with van der Waals surface area (Å²) in [6, 6.07) is 13.0. The van der Waals surface area contributed by atoms with Gasteiger partial charge >= 0.3 is 0 Å². The number of halogens is 2. The molecule has 3 aromatic rings. The Balaban J connectivity index is 1.88. The van der Waals surface area contributed by atoms with Crippen molar-refractivity contribution in [2.75, 3.05) is 0 Å². The van der Waals surface area contributed by atoms with Crippen LogP contribution in [-0.4, -0.2) is 15.2 Å². The molecule has 0 spiro atoms. The van der Waals surface area contributed by atoms with Crippen LogP contribution in [0.1, 0.15) is 11.4 Å². The van der Waals surface area contributed by atoms with Crippen molar-refractivity contribution >= 4 is 31.9 Å². The molecule has 0 atom stereocenters. The molecular formula is C15H10Br2N2O2. The maximum Gasteiger partial charge on any atom is 0.261 e. The van der Waals surface area contributed by atoms with Crippen LogP contribution in [-0.2, 0) is 6.42 Å². The predicted octanol–water partition coefficient (Wildman–Crippen LogP) is 4.56. The monoisotopic (exact) mass is 408 g/mol. The van der Waals surface area contributed by atoms with Crippen LogP contribution in [0.5, 0.6) is 5.75 Å². The summed E-state index contributed by atoms with van der Waals surface area (Å²) in [4.78, 5) is 4.33. The number of aromatic hydroxyl groups is 1. The van der Waals surface area contributed by atoms with Crippen molar-refractivity contribution < 1.29 is 9.63 Å². The molecule has 0 aliphatic heterocycles. The van der Waals surface area contributed by atoms with E-state index in [1.165, 1.54) is 0 Å². The minimum Gasteiger partial charge on any atom is -0.507 e. The highest BCUT2D eigenvalue weighted by Crippen LogP contribution is 2.30. The standard InChI is InChI=1S/C15H10Br2N2O2/c16-10-3-1-2-9(6-10)7-14-18-15(21-19-14)12-8-11(17)4-5-13(12)20/h1-6,8,20H,7H2. The Labute approximate surface area is 138 Å². The second kappa shape index (κ2) is 5.99. The highest BCUT2D eigenvalue weighted by molar-refractivity contribution is 9.10. The molecule has 1 aromatic heterocycles. The lowest BCUT2D eigenvalue weighted by atomic mass is 10.1. The van der Waals surface area contributed by atoms with Crippen LogP contribution < -0.4 is 0 Å². The first-order chi connectivity index (χ1) is 10.1. The SMILES string of the molecule is Oc1ccc(Br)cc1-c1nc(Cc2cccc(Br)c2)no1. The van der Waals surface area contributed by atoms with Crippen molar-refractivity contribution in [3.63, 3.8) is 0 Å². The molecular weight excluding hydrogens is 400 g/mol. The minimum atomic E-state index is 0.107. The van der Waals surface area contributed by atoms with E-state index in [0.717, 1.165) is 14.5 Å². The molecule has 0 saturated heterocycles. The summed E-state index contributed by atoms with van der Waals surface area (Å²) >= 11 is 6.79. The van der Waals surface area contributed by atoms with Gasteiger partial charge in [0.25, 0.3) is 5.89 Å². The fourth-order valence-corrected chi connectivity index (χ4v) is 2.75. The van der Waals surface area contributed by atoms with Crippen molar-refractivity contribution in [2.24, 2.45) is 0 Å². The predicted molar refractivity (Wildman–Crippen MR) is 86.0 cm³/mol. The minimum absolute atomic E-state index is 0.107. The molecule has 0 bridgehead atoms.